The number of nitrogens with one attached hydrogen (secondary N) is 2. The Kier molecular flexibility index (Phi) is 7.40. The number of nitrogens with zero attached hydrogens (tertiary/aromatic N) is 2. The van der Waals surface area contributed by atoms with Gasteiger partial charge in [-0.05, 0) is 35.9 Å². The van der Waals surface area contributed by atoms with Gasteiger partial charge in [0, 0.05) is 22.2 Å². The largest absolute Gasteiger partial charge is 0.446 e. The van der Waals surface area contributed by atoms with E-state index in [0.717, 1.165) is 5.56 Å². The molecule has 1 atom stereocenters. The molecule has 0 bridgehead atoms. The number of aliphatic hydroxyl groups is 1. The van der Waals surface area contributed by atoms with Crippen molar-refractivity contribution in [2.45, 2.75) is 30.3 Å². The van der Waals surface area contributed by atoms with Crippen LogP contribution in [-0.2, 0) is 0 Å². The van der Waals surface area contributed by atoms with Gasteiger partial charge in [-0.2, -0.15) is 18.2 Å². The molecule has 2 aromatic carbocycles. The first-order valence-electron chi connectivity index (χ1n) is 9.68. The van der Waals surface area contributed by atoms with Crippen LogP contribution < -0.4 is 10.6 Å². The summed E-state index contributed by atoms with van der Waals surface area (Å²) in [4.78, 5) is 9.09. The third kappa shape index (κ3) is 6.86. The van der Waals surface area contributed by atoms with Crippen molar-refractivity contribution in [3.63, 3.8) is 0 Å². The zero-order valence-corrected chi connectivity index (χ0v) is 17.8. The van der Waals surface area contributed by atoms with Gasteiger partial charge in [0.1, 0.15) is 5.82 Å². The Morgan fingerprint density at radius 3 is 2.39 bits per heavy atom. The van der Waals surface area contributed by atoms with Crippen molar-refractivity contribution in [3.8, 4) is 11.3 Å². The summed E-state index contributed by atoms with van der Waals surface area (Å²) < 4.78 is 38.1. The maximum atomic E-state index is 12.7. The molecule has 1 aromatic heterocycles. The molecule has 9 heteroatoms. The molecule has 3 aromatic rings. The highest BCUT2D eigenvalue weighted by Crippen LogP contribution is 2.38. The summed E-state index contributed by atoms with van der Waals surface area (Å²) in [6.45, 7) is 3.85. The number of hydrogen-bond donors (Lipinski definition) is 3. The highest BCUT2D eigenvalue weighted by Gasteiger charge is 2.29. The van der Waals surface area contributed by atoms with Gasteiger partial charge in [-0.3, -0.25) is 0 Å². The summed E-state index contributed by atoms with van der Waals surface area (Å²) in [5.41, 5.74) is -2.38. The number of halogens is 3. The normalized spacial score (nSPS) is 12.6. The third-order valence-electron chi connectivity index (χ3n) is 4.45. The first-order chi connectivity index (χ1) is 14.7. The van der Waals surface area contributed by atoms with Gasteiger partial charge in [0.15, 0.2) is 0 Å². The Hall–Kier alpha value is -2.78. The van der Waals surface area contributed by atoms with Crippen LogP contribution in [0.3, 0.4) is 0 Å². The lowest BCUT2D eigenvalue weighted by Crippen LogP contribution is -2.30. The number of alkyl halides is 3. The van der Waals surface area contributed by atoms with Crippen molar-refractivity contribution in [1.82, 2.24) is 9.97 Å². The fraction of sp³-hybridized carbons (Fsp3) is 0.273. The van der Waals surface area contributed by atoms with Gasteiger partial charge in [-0.25, -0.2) is 4.98 Å². The zero-order valence-electron chi connectivity index (χ0n) is 17.0. The van der Waals surface area contributed by atoms with Crippen molar-refractivity contribution < 1.29 is 18.3 Å². The molecule has 0 spiro atoms. The van der Waals surface area contributed by atoms with Gasteiger partial charge in [0.25, 0.3) is 0 Å². The average molecular weight is 449 g/mol. The first-order valence-corrected chi connectivity index (χ1v) is 10.5. The molecule has 5 nitrogen and oxygen atoms in total. The SMILES string of the molecule is CC(C)[C@@H](CO)Nc1nc(Nc2cccc(SC(F)(F)F)c2)cc(-c2ccccc2)n1. The third-order valence-corrected chi connectivity index (χ3v) is 5.17. The lowest BCUT2D eigenvalue weighted by Gasteiger charge is -2.20. The first kappa shape index (κ1) is 22.9. The smallest absolute Gasteiger partial charge is 0.394 e. The van der Waals surface area contributed by atoms with Gasteiger partial charge in [0.2, 0.25) is 5.95 Å². The highest BCUT2D eigenvalue weighted by molar-refractivity contribution is 8.00. The molecule has 0 saturated carbocycles. The van der Waals surface area contributed by atoms with E-state index in [1.54, 1.807) is 18.2 Å². The Balaban J connectivity index is 1.93. The van der Waals surface area contributed by atoms with Gasteiger partial charge >= 0.3 is 5.51 Å². The number of aliphatic hydroxyl groups excluding tert-OH is 1. The van der Waals surface area contributed by atoms with Crippen molar-refractivity contribution in [2.75, 3.05) is 17.2 Å². The number of hydrogen-bond acceptors (Lipinski definition) is 6. The van der Waals surface area contributed by atoms with E-state index in [9.17, 15) is 18.3 Å². The Morgan fingerprint density at radius 1 is 1.00 bits per heavy atom. The second-order valence-electron chi connectivity index (χ2n) is 7.21. The molecule has 0 amide bonds. The fourth-order valence-electron chi connectivity index (χ4n) is 2.84. The molecule has 0 unspecified atom stereocenters. The quantitative estimate of drug-likeness (QED) is 0.371. The maximum absolute atomic E-state index is 12.7. The fourth-order valence-corrected chi connectivity index (χ4v) is 3.44. The molecular formula is C22H23F3N4OS. The lowest BCUT2D eigenvalue weighted by atomic mass is 10.1. The molecule has 0 fully saturated rings. The molecule has 0 aliphatic heterocycles. The monoisotopic (exact) mass is 448 g/mol. The van der Waals surface area contributed by atoms with Crippen LogP contribution in [0.2, 0.25) is 0 Å². The second kappa shape index (κ2) is 10.0. The van der Waals surface area contributed by atoms with Crippen LogP contribution in [0.5, 0.6) is 0 Å². The highest BCUT2D eigenvalue weighted by atomic mass is 32.2. The molecule has 31 heavy (non-hydrogen) atoms. The predicted molar refractivity (Wildman–Crippen MR) is 118 cm³/mol. The molecule has 164 valence electrons. The Morgan fingerprint density at radius 2 is 1.74 bits per heavy atom. The molecule has 1 heterocycles. The minimum atomic E-state index is -4.36. The lowest BCUT2D eigenvalue weighted by molar-refractivity contribution is -0.0328. The second-order valence-corrected chi connectivity index (χ2v) is 8.34. The summed E-state index contributed by atoms with van der Waals surface area (Å²) in [6.07, 6.45) is 0. The number of rotatable bonds is 8. The van der Waals surface area contributed by atoms with Crippen molar-refractivity contribution in [3.05, 3.63) is 60.7 Å². The van der Waals surface area contributed by atoms with Crippen LogP contribution in [-0.4, -0.2) is 33.2 Å². The maximum Gasteiger partial charge on any atom is 0.446 e. The molecule has 0 aliphatic rings. The summed E-state index contributed by atoms with van der Waals surface area (Å²) >= 11 is -0.170. The topological polar surface area (TPSA) is 70.1 Å². The predicted octanol–water partition coefficient (Wildman–Crippen LogP) is 5.93. The Bertz CT molecular complexity index is 1000. The summed E-state index contributed by atoms with van der Waals surface area (Å²) in [6, 6.07) is 17.0. The molecule has 3 N–H and O–H groups in total. The summed E-state index contributed by atoms with van der Waals surface area (Å²) in [7, 11) is 0. The molecule has 0 radical (unpaired) electrons. The minimum Gasteiger partial charge on any atom is -0.394 e. The standard InChI is InChI=1S/C22H23F3N4OS/c1-14(2)19(13-30)28-21-27-18(15-7-4-3-5-8-15)12-20(29-21)26-16-9-6-10-17(11-16)31-22(23,24)25/h3-12,14,19,30H,13H2,1-2H3,(H2,26,27,28,29)/t19-/m1/s1. The van der Waals surface area contributed by atoms with Crippen LogP contribution in [0.4, 0.5) is 30.6 Å². The zero-order chi connectivity index (χ0) is 22.4. The van der Waals surface area contributed by atoms with E-state index < -0.39 is 5.51 Å². The van der Waals surface area contributed by atoms with Crippen LogP contribution in [0.25, 0.3) is 11.3 Å². The molecule has 0 aliphatic carbocycles. The van der Waals surface area contributed by atoms with Crippen LogP contribution >= 0.6 is 11.8 Å². The van der Waals surface area contributed by atoms with Crippen LogP contribution in [0, 0.1) is 5.92 Å². The van der Waals surface area contributed by atoms with E-state index in [1.165, 1.54) is 12.1 Å². The van der Waals surface area contributed by atoms with Gasteiger partial charge in [-0.1, -0.05) is 50.2 Å². The van der Waals surface area contributed by atoms with Crippen molar-refractivity contribution in [2.24, 2.45) is 5.92 Å². The van der Waals surface area contributed by atoms with Gasteiger partial charge < -0.3 is 15.7 Å². The molecule has 3 rings (SSSR count). The van der Waals surface area contributed by atoms with E-state index in [-0.39, 0.29) is 35.2 Å². The number of anilines is 3. The number of benzene rings is 2. The van der Waals surface area contributed by atoms with E-state index in [2.05, 4.69) is 20.6 Å². The van der Waals surface area contributed by atoms with Gasteiger partial charge in [0.05, 0.1) is 18.3 Å². The van der Waals surface area contributed by atoms with E-state index in [0.29, 0.717) is 23.1 Å². The van der Waals surface area contributed by atoms with E-state index in [1.807, 2.05) is 44.2 Å². The van der Waals surface area contributed by atoms with Gasteiger partial charge in [-0.15, -0.1) is 0 Å². The number of thioether (sulfide) groups is 1. The van der Waals surface area contributed by atoms with Crippen LogP contribution in [0.15, 0.2) is 65.6 Å². The summed E-state index contributed by atoms with van der Waals surface area (Å²) in [5, 5.41) is 15.9. The molecular weight excluding hydrogens is 425 g/mol. The van der Waals surface area contributed by atoms with Crippen molar-refractivity contribution >= 4 is 29.2 Å². The number of aromatic nitrogens is 2. The van der Waals surface area contributed by atoms with E-state index in [4.69, 9.17) is 0 Å². The summed E-state index contributed by atoms with van der Waals surface area (Å²) in [5.74, 6) is 0.879. The van der Waals surface area contributed by atoms with Crippen molar-refractivity contribution in [1.29, 1.82) is 0 Å². The minimum absolute atomic E-state index is 0.0772. The Labute approximate surface area is 183 Å². The average Bonchev–Trinajstić information content (AvgIpc) is 2.71. The molecule has 0 saturated heterocycles. The van der Waals surface area contributed by atoms with Crippen LogP contribution in [0.1, 0.15) is 13.8 Å². The van der Waals surface area contributed by atoms with E-state index >= 15 is 0 Å².